The van der Waals surface area contributed by atoms with Crippen molar-refractivity contribution >= 4 is 33.8 Å². The van der Waals surface area contributed by atoms with Gasteiger partial charge in [-0.3, -0.25) is 9.59 Å². The maximum atomic E-state index is 13.9. The van der Waals surface area contributed by atoms with E-state index in [0.29, 0.717) is 41.4 Å². The lowest BCUT2D eigenvalue weighted by atomic mass is 9.97. The first kappa shape index (κ1) is 21.2. The third-order valence-corrected chi connectivity index (χ3v) is 6.54. The van der Waals surface area contributed by atoms with E-state index in [2.05, 4.69) is 0 Å². The van der Waals surface area contributed by atoms with Crippen LogP contribution in [-0.4, -0.2) is 48.6 Å². The van der Waals surface area contributed by atoms with E-state index >= 15 is 0 Å². The molecule has 0 radical (unpaired) electrons. The molecule has 3 aromatic carbocycles. The van der Waals surface area contributed by atoms with Crippen molar-refractivity contribution in [2.75, 3.05) is 31.7 Å². The highest BCUT2D eigenvalue weighted by molar-refractivity contribution is 6.46. The lowest BCUT2D eigenvalue weighted by Crippen LogP contribution is -2.40. The van der Waals surface area contributed by atoms with Crippen LogP contribution in [0.4, 0.5) is 5.69 Å². The highest BCUT2D eigenvalue weighted by Crippen LogP contribution is 2.39. The van der Waals surface area contributed by atoms with E-state index < -0.39 is 0 Å². The quantitative estimate of drug-likeness (QED) is 0.608. The topological polar surface area (TPSA) is 70.1 Å². The van der Waals surface area contributed by atoms with Crippen molar-refractivity contribution in [1.29, 1.82) is 0 Å². The molecule has 1 fully saturated rings. The summed E-state index contributed by atoms with van der Waals surface area (Å²) >= 11 is 0. The van der Waals surface area contributed by atoms with Gasteiger partial charge in [-0.15, -0.1) is 0 Å². The maximum absolute atomic E-state index is 13.9. The standard InChI is InChI=1S/C27H26N2O4/c1-33-21-13-11-20(12-14-21)24-25(28-15-5-6-18(16-28)17-30)27(32)29(26(24)31)23-10-4-8-19-7-2-3-9-22(19)23/h2-4,7-14,18,30H,5-6,15-17H2,1H3. The van der Waals surface area contributed by atoms with Gasteiger partial charge in [0.2, 0.25) is 0 Å². The van der Waals surface area contributed by atoms with Gasteiger partial charge in [-0.25, -0.2) is 4.90 Å². The molecule has 2 heterocycles. The molecular formula is C27H26N2O4. The van der Waals surface area contributed by atoms with E-state index in [1.54, 1.807) is 19.2 Å². The van der Waals surface area contributed by atoms with Gasteiger partial charge in [0.15, 0.2) is 0 Å². The first-order valence-electron chi connectivity index (χ1n) is 11.2. The lowest BCUT2D eigenvalue weighted by Gasteiger charge is -2.34. The van der Waals surface area contributed by atoms with Gasteiger partial charge in [-0.05, 0) is 47.9 Å². The Morgan fingerprint density at radius 2 is 1.73 bits per heavy atom. The number of carbonyl (C=O) groups is 2. The monoisotopic (exact) mass is 442 g/mol. The van der Waals surface area contributed by atoms with Crippen LogP contribution in [0.15, 0.2) is 72.4 Å². The molecule has 2 amide bonds. The van der Waals surface area contributed by atoms with Crippen molar-refractivity contribution in [2.45, 2.75) is 12.8 Å². The predicted octanol–water partition coefficient (Wildman–Crippen LogP) is 3.84. The van der Waals surface area contributed by atoms with Gasteiger partial charge in [0.1, 0.15) is 11.4 Å². The Morgan fingerprint density at radius 1 is 0.970 bits per heavy atom. The molecule has 1 atom stereocenters. The van der Waals surface area contributed by atoms with E-state index in [0.717, 1.165) is 23.6 Å². The fourth-order valence-corrected chi connectivity index (χ4v) is 4.87. The number of aliphatic hydroxyl groups is 1. The van der Waals surface area contributed by atoms with Crippen LogP contribution in [0.1, 0.15) is 18.4 Å². The second-order valence-electron chi connectivity index (χ2n) is 8.53. The molecule has 6 nitrogen and oxygen atoms in total. The number of hydrogen-bond donors (Lipinski definition) is 1. The van der Waals surface area contributed by atoms with E-state index in [9.17, 15) is 14.7 Å². The Hall–Kier alpha value is -3.64. The summed E-state index contributed by atoms with van der Waals surface area (Å²) in [4.78, 5) is 31.0. The van der Waals surface area contributed by atoms with Crippen LogP contribution in [0.3, 0.4) is 0 Å². The molecule has 0 aromatic heterocycles. The Morgan fingerprint density at radius 3 is 2.48 bits per heavy atom. The summed E-state index contributed by atoms with van der Waals surface area (Å²) < 4.78 is 5.27. The molecule has 0 bridgehead atoms. The lowest BCUT2D eigenvalue weighted by molar-refractivity contribution is -0.120. The highest BCUT2D eigenvalue weighted by atomic mass is 16.5. The van der Waals surface area contributed by atoms with Crippen molar-refractivity contribution in [1.82, 2.24) is 4.90 Å². The minimum Gasteiger partial charge on any atom is -0.497 e. The second-order valence-corrected chi connectivity index (χ2v) is 8.53. The number of anilines is 1. The molecule has 33 heavy (non-hydrogen) atoms. The minimum atomic E-state index is -0.331. The van der Waals surface area contributed by atoms with Crippen LogP contribution in [0.2, 0.25) is 0 Å². The number of aliphatic hydroxyl groups excluding tert-OH is 1. The highest BCUT2D eigenvalue weighted by Gasteiger charge is 2.43. The molecule has 0 saturated carbocycles. The summed E-state index contributed by atoms with van der Waals surface area (Å²) in [5, 5.41) is 11.6. The van der Waals surface area contributed by atoms with E-state index in [4.69, 9.17) is 4.74 Å². The zero-order chi connectivity index (χ0) is 22.9. The third-order valence-electron chi connectivity index (χ3n) is 6.54. The Bertz CT molecular complexity index is 1240. The van der Waals surface area contributed by atoms with Gasteiger partial charge in [0, 0.05) is 25.1 Å². The number of ether oxygens (including phenoxy) is 1. The van der Waals surface area contributed by atoms with Crippen LogP contribution in [0.5, 0.6) is 5.75 Å². The number of imide groups is 1. The molecule has 1 unspecified atom stereocenters. The number of piperidine rings is 1. The summed E-state index contributed by atoms with van der Waals surface area (Å²) in [5.74, 6) is 0.114. The number of carbonyl (C=O) groups excluding carboxylic acids is 2. The first-order valence-corrected chi connectivity index (χ1v) is 11.2. The van der Waals surface area contributed by atoms with E-state index in [-0.39, 0.29) is 24.3 Å². The summed E-state index contributed by atoms with van der Waals surface area (Å²) in [6, 6.07) is 20.6. The Balaban J connectivity index is 1.64. The molecule has 168 valence electrons. The van der Waals surface area contributed by atoms with Crippen molar-refractivity contribution < 1.29 is 19.4 Å². The van der Waals surface area contributed by atoms with Gasteiger partial charge < -0.3 is 14.7 Å². The number of rotatable bonds is 5. The minimum absolute atomic E-state index is 0.0663. The fraction of sp³-hybridized carbons (Fsp3) is 0.259. The third kappa shape index (κ3) is 3.66. The molecule has 5 rings (SSSR count). The fourth-order valence-electron chi connectivity index (χ4n) is 4.87. The van der Waals surface area contributed by atoms with Crippen molar-refractivity contribution in [2.24, 2.45) is 5.92 Å². The number of hydrogen-bond acceptors (Lipinski definition) is 5. The summed E-state index contributed by atoms with van der Waals surface area (Å²) in [6.07, 6.45) is 1.77. The van der Waals surface area contributed by atoms with E-state index in [1.807, 2.05) is 59.5 Å². The van der Waals surface area contributed by atoms with E-state index in [1.165, 1.54) is 4.90 Å². The van der Waals surface area contributed by atoms with Crippen molar-refractivity contribution in [3.8, 4) is 5.75 Å². The van der Waals surface area contributed by atoms with Gasteiger partial charge >= 0.3 is 0 Å². The number of nitrogens with zero attached hydrogens (tertiary/aromatic N) is 2. The normalized spacial score (nSPS) is 19.0. The molecule has 0 aliphatic carbocycles. The molecule has 1 saturated heterocycles. The second kappa shape index (κ2) is 8.71. The average Bonchev–Trinajstić information content (AvgIpc) is 3.13. The molecule has 1 N–H and O–H groups in total. The van der Waals surface area contributed by atoms with Crippen LogP contribution in [0.25, 0.3) is 16.3 Å². The van der Waals surface area contributed by atoms with Crippen LogP contribution in [0, 0.1) is 5.92 Å². The zero-order valence-corrected chi connectivity index (χ0v) is 18.5. The van der Waals surface area contributed by atoms with Gasteiger partial charge in [0.05, 0.1) is 18.4 Å². The predicted molar refractivity (Wildman–Crippen MR) is 128 cm³/mol. The molecular weight excluding hydrogens is 416 g/mol. The van der Waals surface area contributed by atoms with Gasteiger partial charge in [-0.1, -0.05) is 48.5 Å². The molecule has 3 aromatic rings. The summed E-state index contributed by atoms with van der Waals surface area (Å²) in [5.41, 5.74) is 2.07. The molecule has 6 heteroatoms. The van der Waals surface area contributed by atoms with Crippen LogP contribution >= 0.6 is 0 Å². The summed E-state index contributed by atoms with van der Waals surface area (Å²) in [6.45, 7) is 1.29. The van der Waals surface area contributed by atoms with Crippen molar-refractivity contribution in [3.05, 3.63) is 78.0 Å². The Kier molecular flexibility index (Phi) is 5.60. The smallest absolute Gasteiger partial charge is 0.282 e. The average molecular weight is 443 g/mol. The number of amides is 2. The zero-order valence-electron chi connectivity index (χ0n) is 18.5. The molecule has 0 spiro atoms. The number of fused-ring (bicyclic) bond motifs is 1. The first-order chi connectivity index (χ1) is 16.1. The number of likely N-dealkylation sites (tertiary alicyclic amines) is 1. The van der Waals surface area contributed by atoms with Crippen LogP contribution in [-0.2, 0) is 9.59 Å². The van der Waals surface area contributed by atoms with Gasteiger partial charge in [0.25, 0.3) is 11.8 Å². The molecule has 2 aliphatic heterocycles. The van der Waals surface area contributed by atoms with Crippen LogP contribution < -0.4 is 9.64 Å². The Labute approximate surface area is 192 Å². The maximum Gasteiger partial charge on any atom is 0.282 e. The van der Waals surface area contributed by atoms with Gasteiger partial charge in [-0.2, -0.15) is 0 Å². The van der Waals surface area contributed by atoms with Crippen molar-refractivity contribution in [3.63, 3.8) is 0 Å². The largest absolute Gasteiger partial charge is 0.497 e. The summed E-state index contributed by atoms with van der Waals surface area (Å²) in [7, 11) is 1.59. The number of methoxy groups -OCH3 is 1. The number of benzene rings is 3. The molecule has 2 aliphatic rings. The SMILES string of the molecule is COc1ccc(C2=C(N3CCCC(CO)C3)C(=O)N(c3cccc4ccccc34)C2=O)cc1.